The number of alkyl halides is 1. The second kappa shape index (κ2) is 6.56. The molecule has 1 aliphatic heterocycles. The summed E-state index contributed by atoms with van der Waals surface area (Å²) < 4.78 is 0. The largest absolute Gasteiger partial charge is 0.354 e. The quantitative estimate of drug-likeness (QED) is 0.880. The third-order valence-corrected chi connectivity index (χ3v) is 4.65. The lowest BCUT2D eigenvalue weighted by Gasteiger charge is -2.27. The summed E-state index contributed by atoms with van der Waals surface area (Å²) in [5.41, 5.74) is 3.23. The lowest BCUT2D eigenvalue weighted by molar-refractivity contribution is -0.124. The van der Waals surface area contributed by atoms with Gasteiger partial charge in [0.05, 0.1) is 18.1 Å². The number of halogens is 1. The molecule has 1 saturated heterocycles. The first-order valence-electron chi connectivity index (χ1n) is 6.84. The molecule has 4 nitrogen and oxygen atoms in total. The topological polar surface area (TPSA) is 45.2 Å². The Labute approximate surface area is 132 Å². The number of carbonyl (C=O) groups is 1. The SMILES string of the molecule is O=C1CN(Cc2ccccc2-c2nc(CCl)cs2)CCN1. The van der Waals surface area contributed by atoms with Crippen LogP contribution < -0.4 is 5.32 Å². The highest BCUT2D eigenvalue weighted by Gasteiger charge is 2.18. The van der Waals surface area contributed by atoms with Gasteiger partial charge in [0.15, 0.2) is 0 Å². The molecule has 1 aromatic heterocycles. The number of hydrogen-bond acceptors (Lipinski definition) is 4. The van der Waals surface area contributed by atoms with E-state index < -0.39 is 0 Å². The van der Waals surface area contributed by atoms with Crippen molar-refractivity contribution in [2.24, 2.45) is 0 Å². The van der Waals surface area contributed by atoms with E-state index in [2.05, 4.69) is 27.3 Å². The van der Waals surface area contributed by atoms with Gasteiger partial charge in [-0.25, -0.2) is 4.98 Å². The first-order valence-corrected chi connectivity index (χ1v) is 8.25. The minimum absolute atomic E-state index is 0.0948. The summed E-state index contributed by atoms with van der Waals surface area (Å²) in [6.07, 6.45) is 0. The molecule has 0 aliphatic carbocycles. The zero-order chi connectivity index (χ0) is 14.7. The van der Waals surface area contributed by atoms with Gasteiger partial charge in [-0.2, -0.15) is 0 Å². The van der Waals surface area contributed by atoms with Crippen molar-refractivity contribution in [3.05, 3.63) is 40.9 Å². The number of carbonyl (C=O) groups excluding carboxylic acids is 1. The number of rotatable bonds is 4. The standard InChI is InChI=1S/C15H16ClN3OS/c16-7-12-10-21-15(18-12)13-4-2-1-3-11(13)8-19-6-5-17-14(20)9-19/h1-4,10H,5-9H2,(H,17,20). The Hall–Kier alpha value is -1.43. The summed E-state index contributed by atoms with van der Waals surface area (Å²) in [6, 6.07) is 8.22. The molecule has 1 N–H and O–H groups in total. The Morgan fingerprint density at radius 3 is 3.00 bits per heavy atom. The van der Waals surface area contributed by atoms with E-state index in [1.165, 1.54) is 5.56 Å². The van der Waals surface area contributed by atoms with E-state index in [0.29, 0.717) is 19.0 Å². The van der Waals surface area contributed by atoms with Crippen molar-refractivity contribution in [3.63, 3.8) is 0 Å². The van der Waals surface area contributed by atoms with Gasteiger partial charge in [-0.3, -0.25) is 9.69 Å². The van der Waals surface area contributed by atoms with Crippen molar-refractivity contribution < 1.29 is 4.79 Å². The molecule has 21 heavy (non-hydrogen) atoms. The summed E-state index contributed by atoms with van der Waals surface area (Å²) in [7, 11) is 0. The van der Waals surface area contributed by atoms with Crippen LogP contribution in [0.1, 0.15) is 11.3 Å². The first kappa shape index (κ1) is 14.5. The van der Waals surface area contributed by atoms with Gasteiger partial charge < -0.3 is 5.32 Å². The molecular formula is C15H16ClN3OS. The highest BCUT2D eigenvalue weighted by atomic mass is 35.5. The third-order valence-electron chi connectivity index (χ3n) is 3.45. The maximum atomic E-state index is 11.5. The van der Waals surface area contributed by atoms with Gasteiger partial charge in [0, 0.05) is 30.6 Å². The summed E-state index contributed by atoms with van der Waals surface area (Å²) in [5, 5.41) is 5.83. The molecule has 1 aliphatic rings. The van der Waals surface area contributed by atoms with Gasteiger partial charge >= 0.3 is 0 Å². The van der Waals surface area contributed by atoms with Crippen LogP contribution in [-0.2, 0) is 17.2 Å². The third kappa shape index (κ3) is 3.43. The fraction of sp³-hybridized carbons (Fsp3) is 0.333. The molecule has 1 fully saturated rings. The van der Waals surface area contributed by atoms with Gasteiger partial charge in [0.1, 0.15) is 5.01 Å². The molecule has 2 aromatic rings. The van der Waals surface area contributed by atoms with Crippen LogP contribution in [0.5, 0.6) is 0 Å². The normalized spacial score (nSPS) is 16.0. The van der Waals surface area contributed by atoms with E-state index in [0.717, 1.165) is 29.4 Å². The molecule has 0 saturated carbocycles. The monoisotopic (exact) mass is 321 g/mol. The number of piperazine rings is 1. The van der Waals surface area contributed by atoms with Crippen molar-refractivity contribution in [2.45, 2.75) is 12.4 Å². The van der Waals surface area contributed by atoms with Crippen LogP contribution >= 0.6 is 22.9 Å². The van der Waals surface area contributed by atoms with Crippen LogP contribution in [0.3, 0.4) is 0 Å². The van der Waals surface area contributed by atoms with Gasteiger partial charge in [-0.1, -0.05) is 24.3 Å². The van der Waals surface area contributed by atoms with E-state index in [1.807, 2.05) is 17.5 Å². The Morgan fingerprint density at radius 2 is 2.24 bits per heavy atom. The van der Waals surface area contributed by atoms with Crippen LogP contribution in [0.25, 0.3) is 10.6 Å². The summed E-state index contributed by atoms with van der Waals surface area (Å²) in [6.45, 7) is 2.82. The Balaban J connectivity index is 1.83. The highest BCUT2D eigenvalue weighted by molar-refractivity contribution is 7.13. The molecular weight excluding hydrogens is 306 g/mol. The van der Waals surface area contributed by atoms with Crippen LogP contribution in [0, 0.1) is 0 Å². The van der Waals surface area contributed by atoms with Crippen molar-refractivity contribution in [1.82, 2.24) is 15.2 Å². The lowest BCUT2D eigenvalue weighted by Crippen LogP contribution is -2.47. The number of thiazole rings is 1. The van der Waals surface area contributed by atoms with Crippen LogP contribution in [0.15, 0.2) is 29.6 Å². The zero-order valence-corrected chi connectivity index (χ0v) is 13.1. The van der Waals surface area contributed by atoms with E-state index in [4.69, 9.17) is 11.6 Å². The van der Waals surface area contributed by atoms with Crippen LogP contribution in [0.2, 0.25) is 0 Å². The molecule has 1 amide bonds. The maximum absolute atomic E-state index is 11.5. The molecule has 6 heteroatoms. The van der Waals surface area contributed by atoms with Gasteiger partial charge in [-0.15, -0.1) is 22.9 Å². The van der Waals surface area contributed by atoms with Crippen molar-refractivity contribution >= 4 is 28.8 Å². The van der Waals surface area contributed by atoms with Crippen molar-refractivity contribution in [3.8, 4) is 10.6 Å². The number of amides is 1. The molecule has 110 valence electrons. The Kier molecular flexibility index (Phi) is 4.53. The first-order chi connectivity index (χ1) is 10.3. The van der Waals surface area contributed by atoms with Crippen LogP contribution in [-0.4, -0.2) is 35.4 Å². The fourth-order valence-corrected chi connectivity index (χ4v) is 3.53. The number of aromatic nitrogens is 1. The van der Waals surface area contributed by atoms with E-state index in [1.54, 1.807) is 11.3 Å². The second-order valence-corrected chi connectivity index (χ2v) is 6.12. The smallest absolute Gasteiger partial charge is 0.234 e. The summed E-state index contributed by atoms with van der Waals surface area (Å²) in [4.78, 5) is 18.2. The van der Waals surface area contributed by atoms with Gasteiger partial charge in [0.25, 0.3) is 0 Å². The molecule has 0 bridgehead atoms. The average Bonchev–Trinajstić information content (AvgIpc) is 2.97. The minimum atomic E-state index is 0.0948. The van der Waals surface area contributed by atoms with Crippen LogP contribution in [0.4, 0.5) is 0 Å². The summed E-state index contributed by atoms with van der Waals surface area (Å²) >= 11 is 7.44. The van der Waals surface area contributed by atoms with Crippen molar-refractivity contribution in [1.29, 1.82) is 0 Å². The zero-order valence-electron chi connectivity index (χ0n) is 11.5. The van der Waals surface area contributed by atoms with Gasteiger partial charge in [-0.05, 0) is 5.56 Å². The van der Waals surface area contributed by atoms with E-state index in [9.17, 15) is 4.79 Å². The molecule has 0 atom stereocenters. The molecule has 2 heterocycles. The minimum Gasteiger partial charge on any atom is -0.354 e. The highest BCUT2D eigenvalue weighted by Crippen LogP contribution is 2.28. The lowest BCUT2D eigenvalue weighted by atomic mass is 10.1. The molecule has 0 unspecified atom stereocenters. The number of hydrogen-bond donors (Lipinski definition) is 1. The Bertz CT molecular complexity index is 643. The predicted molar refractivity (Wildman–Crippen MR) is 85.4 cm³/mol. The van der Waals surface area contributed by atoms with Crippen molar-refractivity contribution in [2.75, 3.05) is 19.6 Å². The molecule has 0 spiro atoms. The summed E-state index contributed by atoms with van der Waals surface area (Å²) in [5.74, 6) is 0.530. The number of benzene rings is 1. The molecule has 3 rings (SSSR count). The fourth-order valence-electron chi connectivity index (χ4n) is 2.43. The number of nitrogens with one attached hydrogen (secondary N) is 1. The second-order valence-electron chi connectivity index (χ2n) is 5.00. The predicted octanol–water partition coefficient (Wildman–Crippen LogP) is 2.48. The van der Waals surface area contributed by atoms with E-state index in [-0.39, 0.29) is 5.91 Å². The number of nitrogens with zero attached hydrogens (tertiary/aromatic N) is 2. The Morgan fingerprint density at radius 1 is 1.38 bits per heavy atom. The van der Waals surface area contributed by atoms with E-state index >= 15 is 0 Å². The van der Waals surface area contributed by atoms with Gasteiger partial charge in [0.2, 0.25) is 5.91 Å². The maximum Gasteiger partial charge on any atom is 0.234 e. The molecule has 1 aromatic carbocycles. The molecule has 0 radical (unpaired) electrons. The average molecular weight is 322 g/mol.